The molecule has 1 amide bonds. The highest BCUT2D eigenvalue weighted by Crippen LogP contribution is 2.30. The molecule has 0 bridgehead atoms. The zero-order chi connectivity index (χ0) is 14.4. The van der Waals surface area contributed by atoms with Crippen LogP contribution in [-0.4, -0.2) is 30.6 Å². The number of carbonyl (C=O) groups excluding carboxylic acids is 1. The Labute approximate surface area is 121 Å². The summed E-state index contributed by atoms with van der Waals surface area (Å²) >= 11 is 1.58. The Morgan fingerprint density at radius 2 is 2.25 bits per heavy atom. The van der Waals surface area contributed by atoms with E-state index in [1.807, 2.05) is 36.6 Å². The summed E-state index contributed by atoms with van der Waals surface area (Å²) in [6.45, 7) is 2.80. The molecule has 0 saturated carbocycles. The van der Waals surface area contributed by atoms with E-state index >= 15 is 0 Å². The van der Waals surface area contributed by atoms with E-state index in [2.05, 4.69) is 10.3 Å². The molecule has 0 radical (unpaired) electrons. The molecule has 0 aliphatic carbocycles. The first-order chi connectivity index (χ1) is 9.70. The van der Waals surface area contributed by atoms with E-state index in [1.165, 1.54) is 0 Å². The predicted molar refractivity (Wildman–Crippen MR) is 79.8 cm³/mol. The lowest BCUT2D eigenvalue weighted by atomic mass is 10.1. The van der Waals surface area contributed by atoms with E-state index in [4.69, 9.17) is 10.5 Å². The fourth-order valence-electron chi connectivity index (χ4n) is 1.70. The summed E-state index contributed by atoms with van der Waals surface area (Å²) in [7, 11) is 0. The highest BCUT2D eigenvalue weighted by atomic mass is 32.1. The molecule has 0 aliphatic heterocycles. The van der Waals surface area contributed by atoms with Crippen LogP contribution in [-0.2, 0) is 4.79 Å². The number of hydrogen-bond donors (Lipinski definition) is 2. The number of benzene rings is 1. The van der Waals surface area contributed by atoms with Gasteiger partial charge in [-0.2, -0.15) is 0 Å². The van der Waals surface area contributed by atoms with E-state index < -0.39 is 0 Å². The Kier molecular flexibility index (Phi) is 5.09. The van der Waals surface area contributed by atoms with Crippen LogP contribution in [0.4, 0.5) is 0 Å². The lowest BCUT2D eigenvalue weighted by Gasteiger charge is -2.10. The average Bonchev–Trinajstić information content (AvgIpc) is 2.89. The topological polar surface area (TPSA) is 77.2 Å². The molecule has 106 valence electrons. The molecule has 0 saturated heterocycles. The number of nitrogens with zero attached hydrogens (tertiary/aromatic N) is 1. The van der Waals surface area contributed by atoms with Crippen LogP contribution in [0, 0.1) is 6.92 Å². The van der Waals surface area contributed by atoms with Crippen LogP contribution in [0.25, 0.3) is 11.3 Å². The summed E-state index contributed by atoms with van der Waals surface area (Å²) in [5, 5.41) is 5.64. The molecule has 2 aromatic rings. The molecule has 3 N–H and O–H groups in total. The average molecular weight is 291 g/mol. The molecule has 0 spiro atoms. The van der Waals surface area contributed by atoms with Gasteiger partial charge in [-0.25, -0.2) is 4.98 Å². The van der Waals surface area contributed by atoms with Gasteiger partial charge in [-0.1, -0.05) is 12.1 Å². The Morgan fingerprint density at radius 3 is 2.95 bits per heavy atom. The number of aryl methyl sites for hydroxylation is 1. The maximum absolute atomic E-state index is 11.5. The summed E-state index contributed by atoms with van der Waals surface area (Å²) < 4.78 is 5.57. The van der Waals surface area contributed by atoms with Gasteiger partial charge in [0, 0.05) is 24.0 Å². The summed E-state index contributed by atoms with van der Waals surface area (Å²) in [5.74, 6) is 0.473. The minimum atomic E-state index is -0.181. The van der Waals surface area contributed by atoms with Crippen molar-refractivity contribution in [1.82, 2.24) is 10.3 Å². The van der Waals surface area contributed by atoms with Crippen molar-refractivity contribution in [3.05, 3.63) is 34.7 Å². The van der Waals surface area contributed by atoms with Crippen molar-refractivity contribution in [3.8, 4) is 17.0 Å². The van der Waals surface area contributed by atoms with Crippen molar-refractivity contribution in [2.45, 2.75) is 6.92 Å². The van der Waals surface area contributed by atoms with Crippen LogP contribution in [0.1, 0.15) is 5.01 Å². The van der Waals surface area contributed by atoms with E-state index in [-0.39, 0.29) is 12.5 Å². The van der Waals surface area contributed by atoms with Gasteiger partial charge in [0.15, 0.2) is 6.61 Å². The summed E-state index contributed by atoms with van der Waals surface area (Å²) in [4.78, 5) is 16.0. The second-order valence-electron chi connectivity index (χ2n) is 4.18. The minimum absolute atomic E-state index is 0.0276. The van der Waals surface area contributed by atoms with E-state index in [0.717, 1.165) is 16.3 Å². The summed E-state index contributed by atoms with van der Waals surface area (Å²) in [5.41, 5.74) is 7.08. The van der Waals surface area contributed by atoms with Crippen molar-refractivity contribution in [2.75, 3.05) is 19.7 Å². The molecule has 0 fully saturated rings. The first-order valence-electron chi connectivity index (χ1n) is 6.32. The molecule has 2 rings (SSSR count). The monoisotopic (exact) mass is 291 g/mol. The Hall–Kier alpha value is -1.92. The van der Waals surface area contributed by atoms with Crippen molar-refractivity contribution in [2.24, 2.45) is 5.73 Å². The minimum Gasteiger partial charge on any atom is -0.483 e. The maximum Gasteiger partial charge on any atom is 0.257 e. The molecule has 0 atom stereocenters. The van der Waals surface area contributed by atoms with Gasteiger partial charge in [-0.3, -0.25) is 4.79 Å². The number of nitrogens with one attached hydrogen (secondary N) is 1. The maximum atomic E-state index is 11.5. The lowest BCUT2D eigenvalue weighted by Crippen LogP contribution is -2.32. The largest absolute Gasteiger partial charge is 0.483 e. The predicted octanol–water partition coefficient (Wildman–Crippen LogP) is 1.57. The second-order valence-corrected chi connectivity index (χ2v) is 5.24. The van der Waals surface area contributed by atoms with Crippen molar-refractivity contribution in [1.29, 1.82) is 0 Å². The number of thiazole rings is 1. The third-order valence-electron chi connectivity index (χ3n) is 2.61. The summed E-state index contributed by atoms with van der Waals surface area (Å²) in [6.07, 6.45) is 0. The number of rotatable bonds is 6. The quantitative estimate of drug-likeness (QED) is 0.847. The fourth-order valence-corrected chi connectivity index (χ4v) is 2.31. The van der Waals surface area contributed by atoms with Crippen LogP contribution in [0.15, 0.2) is 29.6 Å². The van der Waals surface area contributed by atoms with Gasteiger partial charge in [-0.15, -0.1) is 11.3 Å². The smallest absolute Gasteiger partial charge is 0.257 e. The Morgan fingerprint density at radius 1 is 1.45 bits per heavy atom. The molecule has 0 unspecified atom stereocenters. The van der Waals surface area contributed by atoms with Crippen LogP contribution >= 0.6 is 11.3 Å². The van der Waals surface area contributed by atoms with Crippen LogP contribution in [0.2, 0.25) is 0 Å². The highest BCUT2D eigenvalue weighted by molar-refractivity contribution is 7.09. The van der Waals surface area contributed by atoms with E-state index in [0.29, 0.717) is 18.8 Å². The standard InChI is InChI=1S/C14H17N3O2S/c1-10-17-12(9-20-10)11-4-2-3-5-13(11)19-8-14(18)16-7-6-15/h2-5,9H,6-8,15H2,1H3,(H,16,18). The molecule has 1 heterocycles. The molecule has 0 aliphatic rings. The van der Waals surface area contributed by atoms with Crippen molar-refractivity contribution < 1.29 is 9.53 Å². The number of amides is 1. The third-order valence-corrected chi connectivity index (χ3v) is 3.38. The van der Waals surface area contributed by atoms with Gasteiger partial charge in [0.25, 0.3) is 5.91 Å². The molecular weight excluding hydrogens is 274 g/mol. The van der Waals surface area contributed by atoms with Crippen LogP contribution in [0.3, 0.4) is 0 Å². The second kappa shape index (κ2) is 7.02. The van der Waals surface area contributed by atoms with Gasteiger partial charge in [0.2, 0.25) is 0 Å². The number of para-hydroxylation sites is 1. The molecule has 5 nitrogen and oxygen atoms in total. The van der Waals surface area contributed by atoms with E-state index in [1.54, 1.807) is 11.3 Å². The highest BCUT2D eigenvalue weighted by Gasteiger charge is 2.10. The number of nitrogens with two attached hydrogens (primary N) is 1. The fraction of sp³-hybridized carbons (Fsp3) is 0.286. The molecule has 1 aromatic heterocycles. The number of aromatic nitrogens is 1. The molecule has 1 aromatic carbocycles. The van der Waals surface area contributed by atoms with Gasteiger partial charge in [-0.05, 0) is 19.1 Å². The van der Waals surface area contributed by atoms with E-state index in [9.17, 15) is 4.79 Å². The Balaban J connectivity index is 2.07. The number of carbonyl (C=O) groups is 1. The van der Waals surface area contributed by atoms with Gasteiger partial charge < -0.3 is 15.8 Å². The first kappa shape index (κ1) is 14.5. The molecule has 6 heteroatoms. The van der Waals surface area contributed by atoms with Crippen molar-refractivity contribution in [3.63, 3.8) is 0 Å². The molecule has 20 heavy (non-hydrogen) atoms. The summed E-state index contributed by atoms with van der Waals surface area (Å²) in [6, 6.07) is 7.56. The van der Waals surface area contributed by atoms with Gasteiger partial charge in [0.05, 0.1) is 10.7 Å². The normalized spacial score (nSPS) is 10.3. The van der Waals surface area contributed by atoms with Gasteiger partial charge >= 0.3 is 0 Å². The first-order valence-corrected chi connectivity index (χ1v) is 7.19. The van der Waals surface area contributed by atoms with Crippen LogP contribution < -0.4 is 15.8 Å². The van der Waals surface area contributed by atoms with Gasteiger partial charge in [0.1, 0.15) is 5.75 Å². The number of ether oxygens (including phenoxy) is 1. The zero-order valence-corrected chi connectivity index (χ0v) is 12.1. The van der Waals surface area contributed by atoms with Crippen molar-refractivity contribution >= 4 is 17.2 Å². The lowest BCUT2D eigenvalue weighted by molar-refractivity contribution is -0.123. The number of hydrogen-bond acceptors (Lipinski definition) is 5. The van der Waals surface area contributed by atoms with Crippen LogP contribution in [0.5, 0.6) is 5.75 Å². The third kappa shape index (κ3) is 3.79. The SMILES string of the molecule is Cc1nc(-c2ccccc2OCC(=O)NCCN)cs1. The Bertz CT molecular complexity index is 583. The molecular formula is C14H17N3O2S. The zero-order valence-electron chi connectivity index (χ0n) is 11.3.